The Bertz CT molecular complexity index is 490. The smallest absolute Gasteiger partial charge is 0.229 e. The van der Waals surface area contributed by atoms with E-state index in [9.17, 15) is 13.6 Å². The molecule has 1 saturated heterocycles. The van der Waals surface area contributed by atoms with Gasteiger partial charge in [-0.1, -0.05) is 6.07 Å². The van der Waals surface area contributed by atoms with Crippen molar-refractivity contribution in [1.82, 2.24) is 10.2 Å². The van der Waals surface area contributed by atoms with E-state index in [1.165, 1.54) is 17.0 Å². The molecule has 2 rings (SSSR count). The molecule has 1 amide bonds. The van der Waals surface area contributed by atoms with Crippen molar-refractivity contribution in [1.29, 1.82) is 0 Å². The first-order valence-corrected chi connectivity index (χ1v) is 6.32. The molecular weight excluding hydrogens is 286 g/mol. The minimum absolute atomic E-state index is 0. The van der Waals surface area contributed by atoms with Crippen LogP contribution in [0.5, 0.6) is 0 Å². The Hall–Kier alpha value is -1.20. The van der Waals surface area contributed by atoms with Crippen molar-refractivity contribution < 1.29 is 13.6 Å². The normalized spacial score (nSPS) is 21.4. The monoisotopic (exact) mass is 304 g/mol. The van der Waals surface area contributed by atoms with Crippen molar-refractivity contribution in [3.8, 4) is 0 Å². The average Bonchev–Trinajstić information content (AvgIpc) is 2.80. The van der Waals surface area contributed by atoms with Gasteiger partial charge in [-0.05, 0) is 26.0 Å². The number of amides is 1. The minimum Gasteiger partial charge on any atom is -0.341 e. The molecule has 0 spiro atoms. The van der Waals surface area contributed by atoms with Gasteiger partial charge in [0, 0.05) is 31.8 Å². The maximum atomic E-state index is 13.6. The average molecular weight is 305 g/mol. The van der Waals surface area contributed by atoms with Crippen LogP contribution in [-0.4, -0.2) is 30.9 Å². The van der Waals surface area contributed by atoms with Crippen LogP contribution in [0.25, 0.3) is 0 Å². The van der Waals surface area contributed by atoms with Crippen molar-refractivity contribution >= 4 is 18.3 Å². The van der Waals surface area contributed by atoms with Gasteiger partial charge >= 0.3 is 0 Å². The van der Waals surface area contributed by atoms with E-state index in [4.69, 9.17) is 0 Å². The molecule has 112 valence electrons. The van der Waals surface area contributed by atoms with Crippen molar-refractivity contribution in [2.75, 3.05) is 20.1 Å². The van der Waals surface area contributed by atoms with Crippen LogP contribution in [0.3, 0.4) is 0 Å². The second-order valence-electron chi connectivity index (χ2n) is 5.38. The predicted octanol–water partition coefficient (Wildman–Crippen LogP) is 2.34. The van der Waals surface area contributed by atoms with Gasteiger partial charge in [-0.3, -0.25) is 4.79 Å². The van der Waals surface area contributed by atoms with Gasteiger partial charge in [0.05, 0.1) is 5.41 Å². The highest BCUT2D eigenvalue weighted by molar-refractivity contribution is 5.85. The Labute approximate surface area is 123 Å². The highest BCUT2D eigenvalue weighted by atomic mass is 35.5. The van der Waals surface area contributed by atoms with Crippen LogP contribution in [0.15, 0.2) is 18.2 Å². The highest BCUT2D eigenvalue weighted by Gasteiger charge is 2.38. The summed E-state index contributed by atoms with van der Waals surface area (Å²) in [5.74, 6) is -1.24. The zero-order valence-electron chi connectivity index (χ0n) is 11.6. The molecule has 1 aromatic rings. The summed E-state index contributed by atoms with van der Waals surface area (Å²) in [5, 5.41) is 3.16. The molecule has 0 saturated carbocycles. The summed E-state index contributed by atoms with van der Waals surface area (Å²) in [7, 11) is 1.65. The zero-order chi connectivity index (χ0) is 14.0. The fourth-order valence-corrected chi connectivity index (χ4v) is 2.44. The van der Waals surface area contributed by atoms with Gasteiger partial charge in [-0.2, -0.15) is 0 Å². The molecule has 1 N–H and O–H groups in total. The lowest BCUT2D eigenvalue weighted by Gasteiger charge is -2.28. The largest absolute Gasteiger partial charge is 0.341 e. The summed E-state index contributed by atoms with van der Waals surface area (Å²) < 4.78 is 26.4. The third-order valence-corrected chi connectivity index (χ3v) is 3.65. The number of carbonyl (C=O) groups is 1. The number of rotatable bonds is 3. The van der Waals surface area contributed by atoms with E-state index in [0.717, 1.165) is 19.0 Å². The first kappa shape index (κ1) is 16.9. The van der Waals surface area contributed by atoms with E-state index in [1.54, 1.807) is 7.05 Å². The third kappa shape index (κ3) is 3.46. The molecule has 1 unspecified atom stereocenters. The SMILES string of the molecule is CN(Cc1ccc(F)cc1F)C(=O)C1(C)CCNC1.Cl. The number of hydrogen-bond acceptors (Lipinski definition) is 2. The Morgan fingerprint density at radius 2 is 2.15 bits per heavy atom. The Morgan fingerprint density at radius 3 is 2.70 bits per heavy atom. The molecule has 1 aliphatic heterocycles. The molecule has 6 heteroatoms. The van der Waals surface area contributed by atoms with Gasteiger partial charge in [0.1, 0.15) is 11.6 Å². The number of nitrogens with one attached hydrogen (secondary N) is 1. The van der Waals surface area contributed by atoms with Gasteiger partial charge in [0.2, 0.25) is 5.91 Å². The van der Waals surface area contributed by atoms with E-state index in [-0.39, 0.29) is 24.9 Å². The highest BCUT2D eigenvalue weighted by Crippen LogP contribution is 2.27. The molecule has 1 aliphatic rings. The topological polar surface area (TPSA) is 32.3 Å². The zero-order valence-corrected chi connectivity index (χ0v) is 12.4. The van der Waals surface area contributed by atoms with Crippen LogP contribution in [0.2, 0.25) is 0 Å². The standard InChI is InChI=1S/C14H18F2N2O.ClH/c1-14(5-6-17-9-14)13(19)18(2)8-10-3-4-11(15)7-12(10)16;/h3-4,7,17H,5-6,8-9H2,1-2H3;1H. The van der Waals surface area contributed by atoms with E-state index in [1.807, 2.05) is 6.92 Å². The number of benzene rings is 1. The predicted molar refractivity (Wildman–Crippen MR) is 75.7 cm³/mol. The fourth-order valence-electron chi connectivity index (χ4n) is 2.44. The Morgan fingerprint density at radius 1 is 1.45 bits per heavy atom. The first-order valence-electron chi connectivity index (χ1n) is 6.32. The van der Waals surface area contributed by atoms with Gasteiger partial charge in [-0.25, -0.2) is 8.78 Å². The quantitative estimate of drug-likeness (QED) is 0.929. The Kier molecular flexibility index (Phi) is 5.48. The van der Waals surface area contributed by atoms with Crippen molar-refractivity contribution in [3.63, 3.8) is 0 Å². The molecule has 0 aliphatic carbocycles. The lowest BCUT2D eigenvalue weighted by Crippen LogP contribution is -2.41. The fraction of sp³-hybridized carbons (Fsp3) is 0.500. The second kappa shape index (κ2) is 6.50. The van der Waals surface area contributed by atoms with Gasteiger partial charge in [0.25, 0.3) is 0 Å². The molecule has 0 radical (unpaired) electrons. The summed E-state index contributed by atoms with van der Waals surface area (Å²) in [6.45, 7) is 3.52. The van der Waals surface area contributed by atoms with Gasteiger partial charge in [-0.15, -0.1) is 12.4 Å². The molecule has 1 aromatic carbocycles. The van der Waals surface area contributed by atoms with Crippen molar-refractivity contribution in [3.05, 3.63) is 35.4 Å². The minimum atomic E-state index is -0.616. The maximum absolute atomic E-state index is 13.6. The van der Waals surface area contributed by atoms with Crippen LogP contribution < -0.4 is 5.32 Å². The molecule has 1 heterocycles. The maximum Gasteiger partial charge on any atom is 0.229 e. The number of hydrogen-bond donors (Lipinski definition) is 1. The summed E-state index contributed by atoms with van der Waals surface area (Å²) in [6.07, 6.45) is 0.780. The van der Waals surface area contributed by atoms with E-state index in [2.05, 4.69) is 5.32 Å². The van der Waals surface area contributed by atoms with Gasteiger partial charge < -0.3 is 10.2 Å². The molecule has 0 bridgehead atoms. The summed E-state index contributed by atoms with van der Waals surface area (Å²) in [4.78, 5) is 13.8. The number of carbonyl (C=O) groups excluding carboxylic acids is 1. The van der Waals surface area contributed by atoms with Crippen LogP contribution in [0.4, 0.5) is 8.78 Å². The molecule has 1 fully saturated rings. The lowest BCUT2D eigenvalue weighted by molar-refractivity contribution is -0.139. The molecule has 20 heavy (non-hydrogen) atoms. The second-order valence-corrected chi connectivity index (χ2v) is 5.38. The van der Waals surface area contributed by atoms with Crippen molar-refractivity contribution in [2.45, 2.75) is 19.9 Å². The summed E-state index contributed by atoms with van der Waals surface area (Å²) >= 11 is 0. The lowest BCUT2D eigenvalue weighted by atomic mass is 9.88. The van der Waals surface area contributed by atoms with Crippen molar-refractivity contribution in [2.24, 2.45) is 5.41 Å². The van der Waals surface area contributed by atoms with Crippen LogP contribution in [0.1, 0.15) is 18.9 Å². The summed E-state index contributed by atoms with van der Waals surface area (Å²) in [5.41, 5.74) is -0.0996. The first-order chi connectivity index (χ1) is 8.92. The van der Waals surface area contributed by atoms with E-state index < -0.39 is 17.0 Å². The molecule has 0 aromatic heterocycles. The van der Waals surface area contributed by atoms with E-state index >= 15 is 0 Å². The van der Waals surface area contributed by atoms with Crippen LogP contribution >= 0.6 is 12.4 Å². The summed E-state index contributed by atoms with van der Waals surface area (Å²) in [6, 6.07) is 3.42. The molecule has 1 atom stereocenters. The number of nitrogens with zero attached hydrogens (tertiary/aromatic N) is 1. The van der Waals surface area contributed by atoms with Gasteiger partial charge in [0.15, 0.2) is 0 Å². The Balaban J connectivity index is 0.00000200. The van der Waals surface area contributed by atoms with E-state index in [0.29, 0.717) is 12.1 Å². The van der Waals surface area contributed by atoms with Crippen LogP contribution in [0, 0.1) is 17.0 Å². The third-order valence-electron chi connectivity index (χ3n) is 3.65. The molecular formula is C14H19ClF2N2O. The number of halogens is 3. The van der Waals surface area contributed by atoms with Crippen LogP contribution in [-0.2, 0) is 11.3 Å². The molecule has 3 nitrogen and oxygen atoms in total.